The molecule has 8 aromatic carbocycles. The third-order valence-electron chi connectivity index (χ3n) is 9.05. The minimum absolute atomic E-state index is 0.486. The Bertz CT molecular complexity index is 2510. The van der Waals surface area contributed by atoms with E-state index in [4.69, 9.17) is 9.98 Å². The van der Waals surface area contributed by atoms with Crippen LogP contribution in [-0.2, 0) is 6.54 Å². The van der Waals surface area contributed by atoms with E-state index in [2.05, 4.69) is 139 Å². The molecule has 0 radical (unpaired) electrons. The van der Waals surface area contributed by atoms with E-state index in [1.807, 2.05) is 48.5 Å². The fourth-order valence-corrected chi connectivity index (χ4v) is 6.79. The van der Waals surface area contributed by atoms with Gasteiger partial charge in [0.15, 0.2) is 11.7 Å². The van der Waals surface area contributed by atoms with Crippen LogP contribution in [0.25, 0.3) is 54.6 Å². The highest BCUT2D eigenvalue weighted by Crippen LogP contribution is 2.45. The van der Waals surface area contributed by atoms with Crippen LogP contribution in [0.15, 0.2) is 191 Å². The molecule has 0 amide bonds. The fourth-order valence-electron chi connectivity index (χ4n) is 6.79. The molecule has 0 saturated carbocycles. The summed E-state index contributed by atoms with van der Waals surface area (Å²) in [5.41, 5.74) is 7.69. The van der Waals surface area contributed by atoms with Crippen molar-refractivity contribution in [2.45, 2.75) is 6.54 Å². The number of hydrogen-bond acceptors (Lipinski definition) is 1. The second kappa shape index (κ2) is 13.3. The lowest BCUT2D eigenvalue weighted by atomic mass is 9.84. The zero-order valence-corrected chi connectivity index (χ0v) is 27.0. The Kier molecular flexibility index (Phi) is 8.15. The first-order chi connectivity index (χ1) is 24.3. The van der Waals surface area contributed by atoms with Crippen LogP contribution in [0, 0.1) is 0 Å². The summed E-state index contributed by atoms with van der Waals surface area (Å²) in [6.07, 6.45) is 0. The van der Waals surface area contributed by atoms with Gasteiger partial charge in [0.25, 0.3) is 0 Å². The average molecular weight is 628 g/mol. The first-order valence-electron chi connectivity index (χ1n) is 16.5. The van der Waals surface area contributed by atoms with Gasteiger partial charge in [0.05, 0.1) is 6.54 Å². The van der Waals surface area contributed by atoms with Gasteiger partial charge in [-0.3, -0.25) is 4.99 Å². The summed E-state index contributed by atoms with van der Waals surface area (Å²) in [6, 6.07) is 61.6. The maximum absolute atomic E-state index is 5.12. The molecule has 3 nitrogen and oxygen atoms in total. The van der Waals surface area contributed by atoms with Crippen LogP contribution in [-0.4, -0.2) is 18.4 Å². The third kappa shape index (κ3) is 5.83. The van der Waals surface area contributed by atoms with E-state index < -0.39 is 0 Å². The second-order valence-corrected chi connectivity index (χ2v) is 12.0. The van der Waals surface area contributed by atoms with Gasteiger partial charge in [-0.25, -0.2) is 9.98 Å². The van der Waals surface area contributed by atoms with E-state index in [0.717, 1.165) is 22.1 Å². The Morgan fingerprint density at radius 3 is 1.78 bits per heavy atom. The third-order valence-corrected chi connectivity index (χ3v) is 9.05. The normalized spacial score (nSPS) is 12.1. The van der Waals surface area contributed by atoms with Gasteiger partial charge in [-0.05, 0) is 72.9 Å². The van der Waals surface area contributed by atoms with Crippen LogP contribution in [0.2, 0.25) is 0 Å². The van der Waals surface area contributed by atoms with Crippen molar-refractivity contribution in [1.29, 1.82) is 0 Å². The first-order valence-corrected chi connectivity index (χ1v) is 16.5. The van der Waals surface area contributed by atoms with Gasteiger partial charge in [-0.1, -0.05) is 170 Å². The van der Waals surface area contributed by atoms with Crippen LogP contribution < -0.4 is 0 Å². The summed E-state index contributed by atoms with van der Waals surface area (Å²) in [5, 5.41) is 7.16. The lowest BCUT2D eigenvalue weighted by Gasteiger charge is -2.19. The number of benzene rings is 8. The van der Waals surface area contributed by atoms with Gasteiger partial charge in [0.1, 0.15) is 0 Å². The number of nitrogens with zero attached hydrogens (tertiary/aromatic N) is 3. The van der Waals surface area contributed by atoms with E-state index in [1.165, 1.54) is 49.2 Å². The molecule has 232 valence electrons. The summed E-state index contributed by atoms with van der Waals surface area (Å²) in [7, 11) is 0. The monoisotopic (exact) mass is 627 g/mol. The van der Waals surface area contributed by atoms with Crippen LogP contribution >= 0.6 is 0 Å². The number of fused-ring (bicyclic) bond motifs is 3. The van der Waals surface area contributed by atoms with E-state index in [0.29, 0.717) is 18.2 Å². The van der Waals surface area contributed by atoms with Crippen LogP contribution in [0.3, 0.4) is 0 Å². The minimum Gasteiger partial charge on any atom is -0.261 e. The largest absolute Gasteiger partial charge is 0.261 e. The predicted octanol–water partition coefficient (Wildman–Crippen LogP) is 11.6. The average Bonchev–Trinajstić information content (AvgIpc) is 3.18. The molecule has 3 heteroatoms. The van der Waals surface area contributed by atoms with E-state index in [-0.39, 0.29) is 0 Å². The molecule has 8 aromatic rings. The summed E-state index contributed by atoms with van der Waals surface area (Å²) in [6.45, 7) is 4.36. The topological polar surface area (TPSA) is 37.1 Å². The molecule has 0 fully saturated rings. The van der Waals surface area contributed by atoms with Crippen molar-refractivity contribution in [3.63, 3.8) is 0 Å². The van der Waals surface area contributed by atoms with Gasteiger partial charge in [-0.2, -0.15) is 0 Å². The van der Waals surface area contributed by atoms with Gasteiger partial charge >= 0.3 is 0 Å². The molecule has 0 aliphatic carbocycles. The van der Waals surface area contributed by atoms with Gasteiger partial charge in [0, 0.05) is 11.1 Å². The quantitative estimate of drug-likeness (QED) is 0.0999. The molecule has 0 heterocycles. The molecular formula is C46H33N3. The minimum atomic E-state index is 0.486. The first kappa shape index (κ1) is 29.9. The molecule has 0 bridgehead atoms. The number of aliphatic imine (C=N–C) groups is 3. The Balaban J connectivity index is 1.45. The summed E-state index contributed by atoms with van der Waals surface area (Å²) >= 11 is 0. The molecule has 0 saturated heterocycles. The van der Waals surface area contributed by atoms with Crippen molar-refractivity contribution in [2.75, 3.05) is 0 Å². The molecular weight excluding hydrogens is 595 g/mol. The van der Waals surface area contributed by atoms with E-state index in [9.17, 15) is 0 Å². The Labute approximate surface area is 286 Å². The number of hydrogen-bond donors (Lipinski definition) is 0. The fraction of sp³-hybridized carbons (Fsp3) is 0.0217. The van der Waals surface area contributed by atoms with Crippen molar-refractivity contribution in [3.8, 4) is 22.3 Å². The molecule has 49 heavy (non-hydrogen) atoms. The highest BCUT2D eigenvalue weighted by atomic mass is 15.0. The second-order valence-electron chi connectivity index (χ2n) is 12.0. The lowest BCUT2D eigenvalue weighted by molar-refractivity contribution is 1.06. The SMILES string of the molecule is C=N/C(=N\C(=N/Cc1ccccc1)c1ccc2c(-c3ccccc3)c3ccccc3c(-c3cccc4ccccc34)c2c1)c1ccccc1. The zero-order valence-electron chi connectivity index (χ0n) is 27.0. The highest BCUT2D eigenvalue weighted by Gasteiger charge is 2.19. The van der Waals surface area contributed by atoms with Crippen molar-refractivity contribution >= 4 is 50.7 Å². The zero-order chi connectivity index (χ0) is 33.0. The van der Waals surface area contributed by atoms with Crippen LogP contribution in [0.4, 0.5) is 0 Å². The molecule has 0 atom stereocenters. The molecule has 0 aliphatic heterocycles. The smallest absolute Gasteiger partial charge is 0.161 e. The summed E-state index contributed by atoms with van der Waals surface area (Å²) < 4.78 is 0. The van der Waals surface area contributed by atoms with E-state index >= 15 is 0 Å². The lowest BCUT2D eigenvalue weighted by Crippen LogP contribution is -2.06. The molecule has 8 rings (SSSR count). The van der Waals surface area contributed by atoms with Crippen molar-refractivity contribution < 1.29 is 0 Å². The van der Waals surface area contributed by atoms with Gasteiger partial charge in [-0.15, -0.1) is 0 Å². The number of rotatable bonds is 6. The predicted molar refractivity (Wildman–Crippen MR) is 209 cm³/mol. The van der Waals surface area contributed by atoms with Crippen molar-refractivity contribution in [2.24, 2.45) is 15.0 Å². The summed E-state index contributed by atoms with van der Waals surface area (Å²) in [4.78, 5) is 14.6. The van der Waals surface area contributed by atoms with E-state index in [1.54, 1.807) is 0 Å². The maximum atomic E-state index is 5.12. The Morgan fingerprint density at radius 2 is 1.04 bits per heavy atom. The van der Waals surface area contributed by atoms with Crippen molar-refractivity contribution in [1.82, 2.24) is 0 Å². The highest BCUT2D eigenvalue weighted by molar-refractivity contribution is 6.24. The van der Waals surface area contributed by atoms with Crippen LogP contribution in [0.5, 0.6) is 0 Å². The molecule has 0 spiro atoms. The summed E-state index contributed by atoms with van der Waals surface area (Å²) in [5.74, 6) is 1.14. The van der Waals surface area contributed by atoms with Gasteiger partial charge < -0.3 is 0 Å². The van der Waals surface area contributed by atoms with Gasteiger partial charge in [0.2, 0.25) is 0 Å². The maximum Gasteiger partial charge on any atom is 0.161 e. The number of amidine groups is 2. The molecule has 0 N–H and O–H groups in total. The molecule has 0 unspecified atom stereocenters. The van der Waals surface area contributed by atoms with Crippen LogP contribution in [0.1, 0.15) is 16.7 Å². The molecule has 0 aromatic heterocycles. The Morgan fingerprint density at radius 1 is 0.449 bits per heavy atom. The molecule has 0 aliphatic rings. The Hall–Kier alpha value is -6.45. The van der Waals surface area contributed by atoms with Crippen molar-refractivity contribution in [3.05, 3.63) is 193 Å². The standard InChI is InChI=1S/C46H33N3/c1-47-45(35-21-9-4-10-22-35)49-46(48-31-32-16-5-2-6-17-32)36-28-29-41-42(30-36)44(38-27-15-23-33-18-11-12-24-37(33)38)40-26-14-13-25-39(40)43(41)34-19-7-3-8-20-34/h2-30H,1,31H2/b48-46-,49-45-.